The molecule has 1 unspecified atom stereocenters. The highest BCUT2D eigenvalue weighted by molar-refractivity contribution is 9.10. The van der Waals surface area contributed by atoms with E-state index in [1.807, 2.05) is 0 Å². The highest BCUT2D eigenvalue weighted by Crippen LogP contribution is 2.30. The van der Waals surface area contributed by atoms with Crippen LogP contribution in [0.4, 0.5) is 10.1 Å². The molecule has 1 amide bonds. The van der Waals surface area contributed by atoms with E-state index in [2.05, 4.69) is 20.9 Å². The molecule has 1 aromatic heterocycles. The van der Waals surface area contributed by atoms with Gasteiger partial charge in [-0.25, -0.2) is 18.5 Å². The van der Waals surface area contributed by atoms with Crippen molar-refractivity contribution >= 4 is 37.5 Å². The first kappa shape index (κ1) is 14.4. The number of carbonyl (C=O) groups is 1. The minimum atomic E-state index is -3.62. The smallest absolute Gasteiger partial charge is 0.227 e. The number of anilines is 1. The number of nitrogens with zero attached hydrogens (tertiary/aromatic N) is 2. The lowest BCUT2D eigenvalue weighted by atomic mass is 10.1. The van der Waals surface area contributed by atoms with Gasteiger partial charge in [-0.1, -0.05) is 0 Å². The maximum absolute atomic E-state index is 12.9. The molecule has 6 nitrogen and oxygen atoms in total. The molecule has 19 heavy (non-hydrogen) atoms. The van der Waals surface area contributed by atoms with Crippen molar-refractivity contribution in [3.8, 4) is 0 Å². The summed E-state index contributed by atoms with van der Waals surface area (Å²) in [4.78, 5) is 16.8. The quantitative estimate of drug-likeness (QED) is 0.808. The van der Waals surface area contributed by atoms with Crippen LogP contribution in [0.2, 0.25) is 0 Å². The van der Waals surface area contributed by atoms with Crippen molar-refractivity contribution in [2.45, 2.75) is 6.42 Å². The Morgan fingerprint density at radius 2 is 2.21 bits per heavy atom. The molecule has 1 saturated heterocycles. The van der Waals surface area contributed by atoms with Crippen molar-refractivity contribution in [3.05, 3.63) is 22.7 Å². The normalized spacial score (nSPS) is 20.1. The van der Waals surface area contributed by atoms with Crippen molar-refractivity contribution in [2.24, 2.45) is 11.1 Å². The van der Waals surface area contributed by atoms with Gasteiger partial charge in [-0.2, -0.15) is 4.39 Å². The molecule has 0 saturated carbocycles. The second-order valence-electron chi connectivity index (χ2n) is 4.35. The molecule has 0 spiro atoms. The van der Waals surface area contributed by atoms with E-state index in [4.69, 9.17) is 5.14 Å². The lowest BCUT2D eigenvalue weighted by Gasteiger charge is -2.17. The van der Waals surface area contributed by atoms with Gasteiger partial charge in [0.25, 0.3) is 0 Å². The molecule has 104 valence electrons. The van der Waals surface area contributed by atoms with Gasteiger partial charge < -0.3 is 4.90 Å². The number of sulfonamides is 1. The third-order valence-corrected chi connectivity index (χ3v) is 4.28. The van der Waals surface area contributed by atoms with E-state index in [0.29, 0.717) is 5.69 Å². The molecule has 1 atom stereocenters. The van der Waals surface area contributed by atoms with Gasteiger partial charge in [0.2, 0.25) is 21.9 Å². The van der Waals surface area contributed by atoms with Crippen LogP contribution in [0.15, 0.2) is 16.7 Å². The summed E-state index contributed by atoms with van der Waals surface area (Å²) < 4.78 is 35.1. The summed E-state index contributed by atoms with van der Waals surface area (Å²) in [5, 5.41) is 4.97. The van der Waals surface area contributed by atoms with E-state index < -0.39 is 16.0 Å². The average Bonchev–Trinajstić information content (AvgIpc) is 2.56. The monoisotopic (exact) mass is 351 g/mol. The van der Waals surface area contributed by atoms with E-state index in [1.165, 1.54) is 11.0 Å². The number of carbonyl (C=O) groups excluding carboxylic acids is 1. The maximum atomic E-state index is 12.9. The van der Waals surface area contributed by atoms with Gasteiger partial charge in [-0.05, 0) is 28.1 Å². The standard InChI is InChI=1S/C10H11BrFN3O3S/c11-10-7(1-2-8(12)14-10)15-4-6(3-9(15)16)5-19(13,17)18/h1-2,6H,3-5H2,(H2,13,17,18). The number of halogens is 2. The van der Waals surface area contributed by atoms with Crippen LogP contribution in [0, 0.1) is 11.9 Å². The van der Waals surface area contributed by atoms with Crippen LogP contribution < -0.4 is 10.0 Å². The van der Waals surface area contributed by atoms with Crippen molar-refractivity contribution in [2.75, 3.05) is 17.2 Å². The molecule has 0 bridgehead atoms. The molecule has 1 aliphatic heterocycles. The van der Waals surface area contributed by atoms with E-state index in [9.17, 15) is 17.6 Å². The van der Waals surface area contributed by atoms with Gasteiger partial charge in [0.15, 0.2) is 0 Å². The lowest BCUT2D eigenvalue weighted by Crippen LogP contribution is -2.27. The fraction of sp³-hybridized carbons (Fsp3) is 0.400. The van der Waals surface area contributed by atoms with Crippen LogP contribution in [-0.2, 0) is 14.8 Å². The molecule has 2 heterocycles. The van der Waals surface area contributed by atoms with Gasteiger partial charge in [-0.15, -0.1) is 0 Å². The van der Waals surface area contributed by atoms with Gasteiger partial charge in [0.05, 0.1) is 11.4 Å². The van der Waals surface area contributed by atoms with E-state index in [-0.39, 0.29) is 35.1 Å². The van der Waals surface area contributed by atoms with Crippen LogP contribution >= 0.6 is 15.9 Å². The Morgan fingerprint density at radius 1 is 1.53 bits per heavy atom. The van der Waals surface area contributed by atoms with Gasteiger partial charge >= 0.3 is 0 Å². The van der Waals surface area contributed by atoms with E-state index >= 15 is 0 Å². The molecule has 0 aromatic carbocycles. The van der Waals surface area contributed by atoms with E-state index in [1.54, 1.807) is 0 Å². The second kappa shape index (κ2) is 5.14. The summed E-state index contributed by atoms with van der Waals surface area (Å²) >= 11 is 3.08. The third kappa shape index (κ3) is 3.48. The topological polar surface area (TPSA) is 93.4 Å². The predicted molar refractivity (Wildman–Crippen MR) is 70.3 cm³/mol. The number of nitrogens with two attached hydrogens (primary N) is 1. The Hall–Kier alpha value is -1.06. The van der Waals surface area contributed by atoms with Crippen LogP contribution in [0.5, 0.6) is 0 Å². The maximum Gasteiger partial charge on any atom is 0.227 e. The highest BCUT2D eigenvalue weighted by atomic mass is 79.9. The zero-order valence-electron chi connectivity index (χ0n) is 9.71. The van der Waals surface area contributed by atoms with E-state index in [0.717, 1.165) is 6.07 Å². The molecule has 1 fully saturated rings. The van der Waals surface area contributed by atoms with Crippen LogP contribution in [0.1, 0.15) is 6.42 Å². The Kier molecular flexibility index (Phi) is 3.88. The molecule has 1 aliphatic rings. The fourth-order valence-electron chi connectivity index (χ4n) is 2.06. The minimum Gasteiger partial charge on any atom is -0.310 e. The first-order valence-corrected chi connectivity index (χ1v) is 7.90. The first-order valence-electron chi connectivity index (χ1n) is 5.39. The van der Waals surface area contributed by atoms with Crippen molar-refractivity contribution < 1.29 is 17.6 Å². The molecular weight excluding hydrogens is 341 g/mol. The number of aromatic nitrogens is 1. The molecule has 0 aliphatic carbocycles. The predicted octanol–water partition coefficient (Wildman–Crippen LogP) is 0.625. The number of primary sulfonamides is 1. The highest BCUT2D eigenvalue weighted by Gasteiger charge is 2.33. The van der Waals surface area contributed by atoms with Crippen molar-refractivity contribution in [3.63, 3.8) is 0 Å². The zero-order chi connectivity index (χ0) is 14.2. The number of hydrogen-bond acceptors (Lipinski definition) is 4. The summed E-state index contributed by atoms with van der Waals surface area (Å²) in [7, 11) is -3.62. The van der Waals surface area contributed by atoms with Gasteiger partial charge in [0, 0.05) is 18.9 Å². The van der Waals surface area contributed by atoms with Crippen LogP contribution in [-0.4, -0.2) is 31.6 Å². The molecule has 2 N–H and O–H groups in total. The Morgan fingerprint density at radius 3 is 2.79 bits per heavy atom. The summed E-state index contributed by atoms with van der Waals surface area (Å²) in [5.41, 5.74) is 0.420. The SMILES string of the molecule is NS(=O)(=O)CC1CC(=O)N(c2ccc(F)nc2Br)C1. The molecule has 9 heteroatoms. The number of amides is 1. The van der Waals surface area contributed by atoms with Crippen LogP contribution in [0.25, 0.3) is 0 Å². The molecule has 2 rings (SSSR count). The molecule has 1 aromatic rings. The minimum absolute atomic E-state index is 0.0975. The second-order valence-corrected chi connectivity index (χ2v) is 6.76. The third-order valence-electron chi connectivity index (χ3n) is 2.76. The Bertz CT molecular complexity index is 622. The number of hydrogen-bond donors (Lipinski definition) is 1. The number of pyridine rings is 1. The summed E-state index contributed by atoms with van der Waals surface area (Å²) in [6, 6.07) is 2.56. The van der Waals surface area contributed by atoms with Gasteiger partial charge in [0.1, 0.15) is 4.60 Å². The zero-order valence-corrected chi connectivity index (χ0v) is 12.1. The van der Waals surface area contributed by atoms with Gasteiger partial charge in [-0.3, -0.25) is 4.79 Å². The first-order chi connectivity index (χ1) is 8.76. The summed E-state index contributed by atoms with van der Waals surface area (Å²) in [6.07, 6.45) is 0.0975. The van der Waals surface area contributed by atoms with Crippen LogP contribution in [0.3, 0.4) is 0 Å². The number of rotatable bonds is 3. The fourth-order valence-corrected chi connectivity index (χ4v) is 3.46. The summed E-state index contributed by atoms with van der Waals surface area (Å²) in [6.45, 7) is 0.223. The van der Waals surface area contributed by atoms with Crippen molar-refractivity contribution in [1.29, 1.82) is 0 Å². The Labute approximate surface area is 118 Å². The molecular formula is C10H11BrFN3O3S. The lowest BCUT2D eigenvalue weighted by molar-refractivity contribution is -0.117. The van der Waals surface area contributed by atoms with Crippen molar-refractivity contribution in [1.82, 2.24) is 4.98 Å². The largest absolute Gasteiger partial charge is 0.310 e. The Balaban J connectivity index is 2.20. The molecule has 0 radical (unpaired) electrons. The average molecular weight is 352 g/mol. The summed E-state index contributed by atoms with van der Waals surface area (Å²) in [5.74, 6) is -1.51.